The Balaban J connectivity index is 1.01. The van der Waals surface area contributed by atoms with E-state index in [0.29, 0.717) is 0 Å². The van der Waals surface area contributed by atoms with E-state index in [9.17, 15) is 0 Å². The molecule has 0 fully saturated rings. The Kier molecular flexibility index (Phi) is 11.2. The summed E-state index contributed by atoms with van der Waals surface area (Å²) in [4.78, 5) is 2.51. The zero-order valence-corrected chi connectivity index (χ0v) is 38.8. The van der Waals surface area contributed by atoms with Crippen LogP contribution < -0.4 is 0 Å². The molecule has 324 valence electrons. The van der Waals surface area contributed by atoms with Crippen LogP contribution in [0.2, 0.25) is 0 Å². The van der Waals surface area contributed by atoms with E-state index in [1.165, 1.54) is 109 Å². The van der Waals surface area contributed by atoms with E-state index in [2.05, 4.69) is 279 Å². The average Bonchev–Trinajstić information content (AvgIpc) is 3.93. The third-order valence-corrected chi connectivity index (χ3v) is 14.5. The van der Waals surface area contributed by atoms with Gasteiger partial charge in [-0.15, -0.1) is 11.3 Å². The number of rotatable bonds is 10. The van der Waals surface area contributed by atoms with Gasteiger partial charge >= 0.3 is 0 Å². The highest BCUT2D eigenvalue weighted by atomic mass is 32.1. The van der Waals surface area contributed by atoms with Crippen LogP contribution in [0, 0.1) is 0 Å². The highest BCUT2D eigenvalue weighted by molar-refractivity contribution is 7.18. The molecule has 0 saturated carbocycles. The summed E-state index contributed by atoms with van der Waals surface area (Å²) in [7, 11) is 0. The van der Waals surface area contributed by atoms with Crippen LogP contribution in [-0.2, 0) is 0 Å². The first kappa shape index (κ1) is 41.8. The fourth-order valence-corrected chi connectivity index (χ4v) is 10.9. The molecule has 0 saturated heterocycles. The van der Waals surface area contributed by atoms with Gasteiger partial charge in [0.05, 0.1) is 0 Å². The molecule has 0 bridgehead atoms. The molecular formula is C68H46S. The minimum absolute atomic E-state index is 1.16. The predicted molar refractivity (Wildman–Crippen MR) is 298 cm³/mol. The van der Waals surface area contributed by atoms with Gasteiger partial charge in [0, 0.05) is 9.75 Å². The predicted octanol–water partition coefficient (Wildman–Crippen LogP) is 19.1. The molecule has 12 aromatic rings. The standard InChI is InChI=1S/C68H46S/c1-5-18-50(19-6-1)62(51-20-7-2-8-21-51)43-47-29-33-54(34-30-47)67-59-27-15-16-28-60(59)68(55-35-31-48(32-36-55)44-63(52-22-9-3-10-23-52)53-24-11-4-12-25-53)64-46-58(39-40-61(64)67)66-42-41-65(69-66)57-38-37-49-17-13-14-26-56(49)45-57/h1-46H. The van der Waals surface area contributed by atoms with Crippen molar-refractivity contribution in [1.82, 2.24) is 0 Å². The molecule has 0 radical (unpaired) electrons. The van der Waals surface area contributed by atoms with Crippen LogP contribution in [0.15, 0.2) is 267 Å². The molecule has 0 N–H and O–H groups in total. The normalized spacial score (nSPS) is 11.2. The molecule has 69 heavy (non-hydrogen) atoms. The molecule has 0 atom stereocenters. The Bertz CT molecular complexity index is 3740. The van der Waals surface area contributed by atoms with Crippen molar-refractivity contribution in [2.24, 2.45) is 0 Å². The average molecular weight is 895 g/mol. The second kappa shape index (κ2) is 18.6. The maximum Gasteiger partial charge on any atom is 0.0349 e. The largest absolute Gasteiger partial charge is 0.135 e. The lowest BCUT2D eigenvalue weighted by molar-refractivity contribution is 1.55. The lowest BCUT2D eigenvalue weighted by Gasteiger charge is -2.19. The van der Waals surface area contributed by atoms with Gasteiger partial charge in [-0.05, 0) is 147 Å². The zero-order valence-electron chi connectivity index (χ0n) is 38.0. The molecule has 11 aromatic carbocycles. The van der Waals surface area contributed by atoms with Crippen LogP contribution in [0.25, 0.3) is 98.8 Å². The topological polar surface area (TPSA) is 0 Å². The van der Waals surface area contributed by atoms with Crippen LogP contribution in [0.5, 0.6) is 0 Å². The highest BCUT2D eigenvalue weighted by Gasteiger charge is 2.19. The van der Waals surface area contributed by atoms with E-state index in [0.717, 1.165) is 11.1 Å². The Hall–Kier alpha value is -8.62. The Labute approximate surface area is 408 Å². The highest BCUT2D eigenvalue weighted by Crippen LogP contribution is 2.46. The molecule has 0 amide bonds. The van der Waals surface area contributed by atoms with Crippen LogP contribution in [0.4, 0.5) is 0 Å². The van der Waals surface area contributed by atoms with Crippen LogP contribution in [0.3, 0.4) is 0 Å². The summed E-state index contributed by atoms with van der Waals surface area (Å²) in [6.07, 6.45) is 4.63. The summed E-state index contributed by atoms with van der Waals surface area (Å²) >= 11 is 1.86. The van der Waals surface area contributed by atoms with Crippen molar-refractivity contribution in [1.29, 1.82) is 0 Å². The number of hydrogen-bond acceptors (Lipinski definition) is 1. The van der Waals surface area contributed by atoms with Gasteiger partial charge in [-0.1, -0.05) is 243 Å². The number of benzene rings is 11. The van der Waals surface area contributed by atoms with Crippen molar-refractivity contribution in [3.05, 3.63) is 300 Å². The molecule has 12 rings (SSSR count). The van der Waals surface area contributed by atoms with Gasteiger partial charge in [-0.2, -0.15) is 0 Å². The zero-order chi connectivity index (χ0) is 45.9. The fraction of sp³-hybridized carbons (Fsp3) is 0. The second-order valence-electron chi connectivity index (χ2n) is 17.6. The van der Waals surface area contributed by atoms with Gasteiger partial charge in [-0.25, -0.2) is 0 Å². The number of fused-ring (bicyclic) bond motifs is 3. The second-order valence-corrected chi connectivity index (χ2v) is 18.7. The van der Waals surface area contributed by atoms with Crippen LogP contribution >= 0.6 is 11.3 Å². The van der Waals surface area contributed by atoms with Crippen molar-refractivity contribution in [2.75, 3.05) is 0 Å². The van der Waals surface area contributed by atoms with Gasteiger partial charge in [0.1, 0.15) is 0 Å². The number of hydrogen-bond donors (Lipinski definition) is 0. The molecule has 0 aliphatic carbocycles. The fourth-order valence-electron chi connectivity index (χ4n) is 9.91. The summed E-state index contributed by atoms with van der Waals surface area (Å²) in [5, 5.41) is 7.45. The molecule has 1 heteroatoms. The molecule has 1 aromatic heterocycles. The lowest BCUT2D eigenvalue weighted by atomic mass is 9.85. The molecule has 0 unspecified atom stereocenters. The molecular weight excluding hydrogens is 849 g/mol. The Morgan fingerprint density at radius 3 is 1.10 bits per heavy atom. The first-order valence-corrected chi connectivity index (χ1v) is 24.5. The van der Waals surface area contributed by atoms with E-state index < -0.39 is 0 Å². The third-order valence-electron chi connectivity index (χ3n) is 13.3. The van der Waals surface area contributed by atoms with E-state index in [1.54, 1.807) is 0 Å². The van der Waals surface area contributed by atoms with E-state index in [4.69, 9.17) is 0 Å². The van der Waals surface area contributed by atoms with Gasteiger partial charge in [0.2, 0.25) is 0 Å². The van der Waals surface area contributed by atoms with E-state index in [-0.39, 0.29) is 0 Å². The molecule has 0 aliphatic heterocycles. The summed E-state index contributed by atoms with van der Waals surface area (Å²) in [5.41, 5.74) is 16.8. The molecule has 0 spiro atoms. The smallest absolute Gasteiger partial charge is 0.0349 e. The van der Waals surface area contributed by atoms with Gasteiger partial charge in [-0.3, -0.25) is 0 Å². The van der Waals surface area contributed by atoms with Crippen LogP contribution in [-0.4, -0.2) is 0 Å². The monoisotopic (exact) mass is 894 g/mol. The molecule has 0 nitrogen and oxygen atoms in total. The van der Waals surface area contributed by atoms with Gasteiger partial charge in [0.25, 0.3) is 0 Å². The van der Waals surface area contributed by atoms with Crippen molar-refractivity contribution in [3.8, 4) is 43.1 Å². The van der Waals surface area contributed by atoms with E-state index >= 15 is 0 Å². The maximum atomic E-state index is 2.44. The van der Waals surface area contributed by atoms with Crippen molar-refractivity contribution < 1.29 is 0 Å². The van der Waals surface area contributed by atoms with Crippen molar-refractivity contribution >= 4 is 67.0 Å². The van der Waals surface area contributed by atoms with Crippen LogP contribution in [0.1, 0.15) is 33.4 Å². The Morgan fingerprint density at radius 1 is 0.261 bits per heavy atom. The maximum absolute atomic E-state index is 2.44. The molecule has 1 heterocycles. The third kappa shape index (κ3) is 8.42. The summed E-state index contributed by atoms with van der Waals surface area (Å²) < 4.78 is 0. The first-order valence-electron chi connectivity index (χ1n) is 23.6. The lowest BCUT2D eigenvalue weighted by Crippen LogP contribution is -1.92. The molecule has 0 aliphatic rings. The quantitative estimate of drug-likeness (QED) is 0.0948. The minimum Gasteiger partial charge on any atom is -0.135 e. The van der Waals surface area contributed by atoms with E-state index in [1.807, 2.05) is 11.3 Å². The Morgan fingerprint density at radius 2 is 0.623 bits per heavy atom. The SMILES string of the molecule is C(=C(c1ccccc1)c1ccccc1)c1ccc(-c2c3ccccc3c(-c3ccc(C=C(c4ccccc4)c4ccccc4)cc3)c3cc(-c4ccc(-c5ccc6ccccc6c5)s4)ccc23)cc1. The summed E-state index contributed by atoms with van der Waals surface area (Å²) in [6, 6.07) is 97.2. The minimum atomic E-state index is 1.16. The van der Waals surface area contributed by atoms with Gasteiger partial charge in [0.15, 0.2) is 0 Å². The van der Waals surface area contributed by atoms with Crippen molar-refractivity contribution in [2.45, 2.75) is 0 Å². The summed E-state index contributed by atoms with van der Waals surface area (Å²) in [6.45, 7) is 0. The summed E-state index contributed by atoms with van der Waals surface area (Å²) in [5.74, 6) is 0. The first-order chi connectivity index (χ1) is 34.2. The number of thiophene rings is 1. The van der Waals surface area contributed by atoms with Gasteiger partial charge < -0.3 is 0 Å². The van der Waals surface area contributed by atoms with Crippen molar-refractivity contribution in [3.63, 3.8) is 0 Å².